The van der Waals surface area contributed by atoms with Crippen LogP contribution in [0.15, 0.2) is 29.9 Å². The van der Waals surface area contributed by atoms with Crippen LogP contribution in [0.1, 0.15) is 42.7 Å². The molecule has 2 N–H and O–H groups in total. The lowest BCUT2D eigenvalue weighted by molar-refractivity contribution is 0.150. The van der Waals surface area contributed by atoms with Gasteiger partial charge >= 0.3 is 6.03 Å². The van der Waals surface area contributed by atoms with Gasteiger partial charge in [-0.05, 0) is 43.0 Å². The van der Waals surface area contributed by atoms with E-state index in [0.29, 0.717) is 12.5 Å². The quantitative estimate of drug-likeness (QED) is 0.879. The highest BCUT2D eigenvalue weighted by Gasteiger charge is 2.28. The van der Waals surface area contributed by atoms with Gasteiger partial charge in [-0.15, -0.1) is 11.3 Å². The van der Waals surface area contributed by atoms with Crippen molar-refractivity contribution in [3.05, 3.63) is 40.3 Å². The van der Waals surface area contributed by atoms with Gasteiger partial charge in [-0.3, -0.25) is 5.10 Å². The van der Waals surface area contributed by atoms with E-state index in [9.17, 15) is 4.79 Å². The number of aromatic nitrogens is 2. The molecule has 2 aromatic rings. The van der Waals surface area contributed by atoms with Crippen LogP contribution >= 0.6 is 11.3 Å². The number of aromatic amines is 1. The largest absolute Gasteiger partial charge is 0.338 e. The number of piperidine rings is 1. The Morgan fingerprint density at radius 3 is 3.22 bits per heavy atom. The lowest BCUT2D eigenvalue weighted by Crippen LogP contribution is -2.45. The van der Waals surface area contributed by atoms with Crippen LogP contribution in [0.5, 0.6) is 0 Å². The highest BCUT2D eigenvalue weighted by molar-refractivity contribution is 7.09. The summed E-state index contributed by atoms with van der Waals surface area (Å²) in [5.74, 6) is 0.440. The van der Waals surface area contributed by atoms with Crippen LogP contribution in [0.25, 0.3) is 0 Å². The zero-order chi connectivity index (χ0) is 16.1. The standard InChI is InChI=1S/C17H24N4OS/c1-13(9-15-5-4-8-23-15)10-18-17(22)21-7-3-2-6-16(21)14-11-19-20-12-14/h4-5,8,11-13,16H,2-3,6-7,9-10H2,1H3,(H,18,22)(H,19,20)/t13-,16+/m0/s1. The summed E-state index contributed by atoms with van der Waals surface area (Å²) >= 11 is 1.78. The second-order valence-electron chi connectivity index (χ2n) is 6.31. The molecular weight excluding hydrogens is 308 g/mol. The normalized spacial score (nSPS) is 19.5. The average Bonchev–Trinajstić information content (AvgIpc) is 3.26. The van der Waals surface area contributed by atoms with E-state index in [1.54, 1.807) is 11.3 Å². The Bertz CT molecular complexity index is 596. The summed E-state index contributed by atoms with van der Waals surface area (Å²) in [5, 5.41) is 12.1. The molecule has 0 saturated carbocycles. The van der Waals surface area contributed by atoms with E-state index in [1.165, 1.54) is 4.88 Å². The number of nitrogens with zero attached hydrogens (tertiary/aromatic N) is 2. The van der Waals surface area contributed by atoms with E-state index >= 15 is 0 Å². The summed E-state index contributed by atoms with van der Waals surface area (Å²) in [7, 11) is 0. The predicted molar refractivity (Wildman–Crippen MR) is 92.5 cm³/mol. The Labute approximate surface area is 141 Å². The van der Waals surface area contributed by atoms with Gasteiger partial charge in [0.05, 0.1) is 12.2 Å². The van der Waals surface area contributed by atoms with E-state index in [4.69, 9.17) is 0 Å². The van der Waals surface area contributed by atoms with Crippen LogP contribution in [0.3, 0.4) is 0 Å². The van der Waals surface area contributed by atoms with E-state index in [2.05, 4.69) is 40.0 Å². The van der Waals surface area contributed by atoms with Crippen LogP contribution in [0.4, 0.5) is 4.79 Å². The summed E-state index contributed by atoms with van der Waals surface area (Å²) in [6.45, 7) is 3.72. The fourth-order valence-electron chi connectivity index (χ4n) is 3.17. The monoisotopic (exact) mass is 332 g/mol. The summed E-state index contributed by atoms with van der Waals surface area (Å²) in [4.78, 5) is 15.9. The van der Waals surface area contributed by atoms with Crippen LogP contribution in [-0.2, 0) is 6.42 Å². The van der Waals surface area contributed by atoms with Crippen molar-refractivity contribution in [2.75, 3.05) is 13.1 Å². The first kappa shape index (κ1) is 16.1. The maximum Gasteiger partial charge on any atom is 0.317 e. The number of hydrogen-bond acceptors (Lipinski definition) is 3. The van der Waals surface area contributed by atoms with Gasteiger partial charge < -0.3 is 10.2 Å². The Balaban J connectivity index is 1.53. The molecule has 2 amide bonds. The average molecular weight is 332 g/mol. The second-order valence-corrected chi connectivity index (χ2v) is 7.34. The van der Waals surface area contributed by atoms with Gasteiger partial charge in [0.1, 0.15) is 0 Å². The Hall–Kier alpha value is -1.82. The van der Waals surface area contributed by atoms with Crippen LogP contribution in [-0.4, -0.2) is 34.2 Å². The first-order valence-corrected chi connectivity index (χ1v) is 9.17. The van der Waals surface area contributed by atoms with Crippen molar-refractivity contribution in [2.24, 2.45) is 5.92 Å². The zero-order valence-electron chi connectivity index (χ0n) is 13.5. The third-order valence-electron chi connectivity index (χ3n) is 4.40. The fourth-order valence-corrected chi connectivity index (χ4v) is 4.04. The maximum absolute atomic E-state index is 12.6. The number of carbonyl (C=O) groups excluding carboxylic acids is 1. The summed E-state index contributed by atoms with van der Waals surface area (Å²) in [6, 6.07) is 4.43. The minimum atomic E-state index is 0.0499. The van der Waals surface area contributed by atoms with Crippen LogP contribution in [0, 0.1) is 5.92 Å². The number of likely N-dealkylation sites (tertiary alicyclic amines) is 1. The second kappa shape index (κ2) is 7.64. The first-order chi connectivity index (χ1) is 11.2. The van der Waals surface area contributed by atoms with Gasteiger partial charge in [-0.1, -0.05) is 13.0 Å². The molecule has 2 aromatic heterocycles. The van der Waals surface area contributed by atoms with Gasteiger partial charge in [0, 0.05) is 29.7 Å². The Kier molecular flexibility index (Phi) is 5.33. The molecule has 1 aliphatic rings. The maximum atomic E-state index is 12.6. The molecule has 23 heavy (non-hydrogen) atoms. The molecule has 1 fully saturated rings. The number of thiophene rings is 1. The van der Waals surface area contributed by atoms with Crippen LogP contribution < -0.4 is 5.32 Å². The molecule has 0 aliphatic carbocycles. The number of urea groups is 1. The Morgan fingerprint density at radius 1 is 1.57 bits per heavy atom. The van der Waals surface area contributed by atoms with Gasteiger partial charge in [0.15, 0.2) is 0 Å². The molecule has 0 spiro atoms. The van der Waals surface area contributed by atoms with Gasteiger partial charge in [0.2, 0.25) is 0 Å². The summed E-state index contributed by atoms with van der Waals surface area (Å²) < 4.78 is 0. The van der Waals surface area contributed by atoms with E-state index in [0.717, 1.165) is 37.8 Å². The molecule has 1 saturated heterocycles. The third-order valence-corrected chi connectivity index (χ3v) is 5.30. The van der Waals surface area contributed by atoms with Crippen molar-refractivity contribution in [2.45, 2.75) is 38.6 Å². The lowest BCUT2D eigenvalue weighted by Gasteiger charge is -2.35. The number of carbonyl (C=O) groups is 1. The first-order valence-electron chi connectivity index (χ1n) is 8.29. The molecule has 0 unspecified atom stereocenters. The van der Waals surface area contributed by atoms with Crippen molar-refractivity contribution in [3.63, 3.8) is 0 Å². The predicted octanol–water partition coefficient (Wildman–Crippen LogP) is 3.59. The highest BCUT2D eigenvalue weighted by atomic mass is 32.1. The third kappa shape index (κ3) is 4.13. The van der Waals surface area contributed by atoms with E-state index in [-0.39, 0.29) is 12.1 Å². The number of nitrogens with one attached hydrogen (secondary N) is 2. The van der Waals surface area contributed by atoms with Gasteiger partial charge in [-0.2, -0.15) is 5.10 Å². The summed E-state index contributed by atoms with van der Waals surface area (Å²) in [5.41, 5.74) is 1.10. The number of hydrogen-bond donors (Lipinski definition) is 2. The number of rotatable bonds is 5. The van der Waals surface area contributed by atoms with Crippen molar-refractivity contribution in [1.29, 1.82) is 0 Å². The molecule has 5 nitrogen and oxygen atoms in total. The van der Waals surface area contributed by atoms with Crippen molar-refractivity contribution in [3.8, 4) is 0 Å². The highest BCUT2D eigenvalue weighted by Crippen LogP contribution is 2.30. The topological polar surface area (TPSA) is 61.0 Å². The Morgan fingerprint density at radius 2 is 2.48 bits per heavy atom. The molecular formula is C17H24N4OS. The molecule has 3 heterocycles. The fraction of sp³-hybridized carbons (Fsp3) is 0.529. The molecule has 6 heteroatoms. The minimum Gasteiger partial charge on any atom is -0.338 e. The van der Waals surface area contributed by atoms with Gasteiger partial charge in [0.25, 0.3) is 0 Å². The van der Waals surface area contributed by atoms with Crippen LogP contribution in [0.2, 0.25) is 0 Å². The van der Waals surface area contributed by atoms with Crippen molar-refractivity contribution >= 4 is 17.4 Å². The molecule has 1 aliphatic heterocycles. The number of amides is 2. The molecule has 2 atom stereocenters. The summed E-state index contributed by atoms with van der Waals surface area (Å²) in [6.07, 6.45) is 7.99. The number of H-pyrrole nitrogens is 1. The molecule has 0 aromatic carbocycles. The van der Waals surface area contributed by atoms with Crippen molar-refractivity contribution in [1.82, 2.24) is 20.4 Å². The smallest absolute Gasteiger partial charge is 0.317 e. The SMILES string of the molecule is C[C@H](CNC(=O)N1CCCC[C@@H]1c1cn[nH]c1)Cc1cccs1. The minimum absolute atomic E-state index is 0.0499. The lowest BCUT2D eigenvalue weighted by atomic mass is 9.98. The molecule has 124 valence electrons. The van der Waals surface area contributed by atoms with Crippen molar-refractivity contribution < 1.29 is 4.79 Å². The molecule has 0 bridgehead atoms. The van der Waals surface area contributed by atoms with E-state index < -0.39 is 0 Å². The molecule has 3 rings (SSSR count). The molecule has 0 radical (unpaired) electrons. The zero-order valence-corrected chi connectivity index (χ0v) is 14.3. The van der Waals surface area contributed by atoms with Gasteiger partial charge in [-0.25, -0.2) is 4.79 Å². The van der Waals surface area contributed by atoms with E-state index in [1.807, 2.05) is 17.3 Å².